The number of nitrogens with one attached hydrogen (secondary N) is 3. The van der Waals surface area contributed by atoms with E-state index in [9.17, 15) is 28.9 Å². The number of hydrogen-bond donors (Lipinski definition) is 3. The summed E-state index contributed by atoms with van der Waals surface area (Å²) in [4.78, 5) is 49.4. The molecular weight excluding hydrogens is 583 g/mol. The maximum atomic E-state index is 13.3. The fourth-order valence-corrected chi connectivity index (χ4v) is 4.43. The largest absolute Gasteiger partial charge is 0.325 e. The highest BCUT2D eigenvalue weighted by atomic mass is 35.5. The van der Waals surface area contributed by atoms with Gasteiger partial charge in [0.2, 0.25) is 5.91 Å². The van der Waals surface area contributed by atoms with Crippen molar-refractivity contribution in [2.24, 2.45) is 0 Å². The number of non-ortho nitro benzene ring substituents is 1. The van der Waals surface area contributed by atoms with Crippen molar-refractivity contribution in [3.63, 3.8) is 0 Å². The highest BCUT2D eigenvalue weighted by molar-refractivity contribution is 8.00. The number of carbonyl (C=O) groups is 3. The van der Waals surface area contributed by atoms with E-state index in [-0.39, 0.29) is 28.1 Å². The standard InChI is InChI=1S/C30H22ClFN4O5S/c31-25-17-22(10-15-26(25)32)33-28(37)18-42-24-13-8-21(9-14-24)34-30(39)27(35-29(38)20-4-2-1-3-5-20)16-19-6-11-23(12-7-19)36(40)41/h1-17H,18H2,(H,33,37)(H,34,39)(H,35,38)/b27-16-. The molecule has 0 heterocycles. The first kappa shape index (κ1) is 30.0. The first-order chi connectivity index (χ1) is 20.2. The van der Waals surface area contributed by atoms with Crippen LogP contribution in [0.5, 0.6) is 0 Å². The van der Waals surface area contributed by atoms with Crippen molar-refractivity contribution in [2.75, 3.05) is 16.4 Å². The molecule has 0 spiro atoms. The number of halogens is 2. The molecule has 0 aromatic heterocycles. The van der Waals surface area contributed by atoms with Crippen molar-refractivity contribution in [1.82, 2.24) is 5.32 Å². The van der Waals surface area contributed by atoms with Gasteiger partial charge in [-0.25, -0.2) is 4.39 Å². The van der Waals surface area contributed by atoms with E-state index in [0.717, 1.165) is 11.0 Å². The number of anilines is 2. The molecule has 3 amide bonds. The molecule has 9 nitrogen and oxygen atoms in total. The van der Waals surface area contributed by atoms with Gasteiger partial charge in [-0.3, -0.25) is 24.5 Å². The smallest absolute Gasteiger partial charge is 0.272 e. The van der Waals surface area contributed by atoms with Gasteiger partial charge in [0.1, 0.15) is 11.5 Å². The number of thioether (sulfide) groups is 1. The lowest BCUT2D eigenvalue weighted by Gasteiger charge is -2.12. The van der Waals surface area contributed by atoms with Gasteiger partial charge in [-0.15, -0.1) is 11.8 Å². The van der Waals surface area contributed by atoms with Crippen molar-refractivity contribution in [3.05, 3.63) is 135 Å². The van der Waals surface area contributed by atoms with Crippen molar-refractivity contribution in [1.29, 1.82) is 0 Å². The van der Waals surface area contributed by atoms with Crippen LogP contribution in [0, 0.1) is 15.9 Å². The minimum atomic E-state index is -0.615. The number of nitrogens with zero attached hydrogens (tertiary/aromatic N) is 1. The number of amides is 3. The Morgan fingerprint density at radius 1 is 0.881 bits per heavy atom. The van der Waals surface area contributed by atoms with E-state index >= 15 is 0 Å². The fourth-order valence-electron chi connectivity index (χ4n) is 3.55. The Bertz CT molecular complexity index is 1650. The molecule has 0 saturated heterocycles. The van der Waals surface area contributed by atoms with Crippen LogP contribution in [0.3, 0.4) is 0 Å². The lowest BCUT2D eigenvalue weighted by Crippen LogP contribution is -2.30. The van der Waals surface area contributed by atoms with E-state index in [2.05, 4.69) is 16.0 Å². The van der Waals surface area contributed by atoms with Crippen LogP contribution < -0.4 is 16.0 Å². The molecule has 42 heavy (non-hydrogen) atoms. The molecule has 0 unspecified atom stereocenters. The summed E-state index contributed by atoms with van der Waals surface area (Å²) in [5.41, 5.74) is 1.43. The molecular formula is C30H22ClFN4O5S. The first-order valence-corrected chi connectivity index (χ1v) is 13.7. The quantitative estimate of drug-likeness (QED) is 0.0817. The van der Waals surface area contributed by atoms with Gasteiger partial charge >= 0.3 is 0 Å². The van der Waals surface area contributed by atoms with Crippen LogP contribution in [0.15, 0.2) is 108 Å². The molecule has 4 aromatic rings. The van der Waals surface area contributed by atoms with Gasteiger partial charge < -0.3 is 16.0 Å². The van der Waals surface area contributed by atoms with Gasteiger partial charge in [-0.05, 0) is 78.4 Å². The zero-order valence-electron chi connectivity index (χ0n) is 21.7. The fraction of sp³-hybridized carbons (Fsp3) is 0.0333. The van der Waals surface area contributed by atoms with E-state index in [1.165, 1.54) is 54.2 Å². The summed E-state index contributed by atoms with van der Waals surface area (Å²) in [5, 5.41) is 18.9. The molecule has 0 aliphatic carbocycles. The summed E-state index contributed by atoms with van der Waals surface area (Å²) < 4.78 is 13.3. The average molecular weight is 605 g/mol. The maximum absolute atomic E-state index is 13.3. The summed E-state index contributed by atoms with van der Waals surface area (Å²) >= 11 is 6.99. The molecule has 212 valence electrons. The molecule has 4 aromatic carbocycles. The van der Waals surface area contributed by atoms with E-state index in [4.69, 9.17) is 11.6 Å². The molecule has 0 saturated carbocycles. The van der Waals surface area contributed by atoms with E-state index in [1.54, 1.807) is 54.6 Å². The summed E-state index contributed by atoms with van der Waals surface area (Å²) in [6, 6.07) is 24.5. The predicted octanol–water partition coefficient (Wildman–Crippen LogP) is 6.53. The molecule has 4 rings (SSSR count). The highest BCUT2D eigenvalue weighted by Crippen LogP contribution is 2.23. The topological polar surface area (TPSA) is 130 Å². The molecule has 0 radical (unpaired) electrons. The van der Waals surface area contributed by atoms with E-state index in [0.29, 0.717) is 22.5 Å². The zero-order chi connectivity index (χ0) is 30.1. The van der Waals surface area contributed by atoms with Crippen LogP contribution >= 0.6 is 23.4 Å². The van der Waals surface area contributed by atoms with Crippen molar-refractivity contribution in [3.8, 4) is 0 Å². The third-order valence-electron chi connectivity index (χ3n) is 5.63. The molecule has 0 aliphatic rings. The molecule has 3 N–H and O–H groups in total. The van der Waals surface area contributed by atoms with Crippen LogP contribution in [-0.4, -0.2) is 28.4 Å². The number of nitro groups is 1. The molecule has 0 bridgehead atoms. The second-order valence-corrected chi connectivity index (χ2v) is 10.1. The van der Waals surface area contributed by atoms with Crippen LogP contribution in [0.1, 0.15) is 15.9 Å². The van der Waals surface area contributed by atoms with Crippen LogP contribution in [0.2, 0.25) is 5.02 Å². The normalized spacial score (nSPS) is 11.0. The summed E-state index contributed by atoms with van der Waals surface area (Å²) in [6.45, 7) is 0. The van der Waals surface area contributed by atoms with E-state index in [1.807, 2.05) is 0 Å². The van der Waals surface area contributed by atoms with Gasteiger partial charge in [-0.2, -0.15) is 0 Å². The first-order valence-electron chi connectivity index (χ1n) is 12.3. The monoisotopic (exact) mass is 604 g/mol. The Morgan fingerprint density at radius 2 is 1.55 bits per heavy atom. The Hall–Kier alpha value is -5.00. The number of benzene rings is 4. The Kier molecular flexibility index (Phi) is 10.0. The zero-order valence-corrected chi connectivity index (χ0v) is 23.2. The second kappa shape index (κ2) is 14.1. The Morgan fingerprint density at radius 3 is 2.19 bits per heavy atom. The van der Waals surface area contributed by atoms with Gasteiger partial charge in [0.25, 0.3) is 17.5 Å². The summed E-state index contributed by atoms with van der Waals surface area (Å²) in [5.74, 6) is -1.94. The van der Waals surface area contributed by atoms with Crippen molar-refractivity contribution < 1.29 is 23.7 Å². The maximum Gasteiger partial charge on any atom is 0.272 e. The van der Waals surface area contributed by atoms with E-state index < -0.39 is 22.6 Å². The Balaban J connectivity index is 1.41. The number of rotatable bonds is 10. The SMILES string of the molecule is O=C(CSc1ccc(NC(=O)/C(=C/c2ccc([N+](=O)[O-])cc2)NC(=O)c2ccccc2)cc1)Nc1ccc(F)c(Cl)c1. The highest BCUT2D eigenvalue weighted by Gasteiger charge is 2.16. The van der Waals surface area contributed by atoms with Gasteiger partial charge in [-0.1, -0.05) is 29.8 Å². The van der Waals surface area contributed by atoms with Crippen molar-refractivity contribution in [2.45, 2.75) is 4.90 Å². The predicted molar refractivity (Wildman–Crippen MR) is 161 cm³/mol. The van der Waals surface area contributed by atoms with Crippen molar-refractivity contribution >= 4 is 64.2 Å². The van der Waals surface area contributed by atoms with Crippen LogP contribution in [-0.2, 0) is 9.59 Å². The van der Waals surface area contributed by atoms with Crippen LogP contribution in [0.4, 0.5) is 21.5 Å². The summed E-state index contributed by atoms with van der Waals surface area (Å²) in [7, 11) is 0. The Labute approximate surface area is 248 Å². The molecule has 12 heteroatoms. The second-order valence-electron chi connectivity index (χ2n) is 8.67. The third kappa shape index (κ3) is 8.50. The number of carbonyl (C=O) groups excluding carboxylic acids is 3. The van der Waals surface area contributed by atoms with Gasteiger partial charge in [0, 0.05) is 34.0 Å². The van der Waals surface area contributed by atoms with Gasteiger partial charge in [0.05, 0.1) is 15.7 Å². The molecule has 0 fully saturated rings. The summed E-state index contributed by atoms with van der Waals surface area (Å²) in [6.07, 6.45) is 1.41. The lowest BCUT2D eigenvalue weighted by atomic mass is 10.1. The number of nitro benzene ring substituents is 1. The van der Waals surface area contributed by atoms with Crippen LogP contribution in [0.25, 0.3) is 6.08 Å². The molecule has 0 atom stereocenters. The third-order valence-corrected chi connectivity index (χ3v) is 6.93. The number of hydrogen-bond acceptors (Lipinski definition) is 6. The average Bonchev–Trinajstić information content (AvgIpc) is 2.99. The van der Waals surface area contributed by atoms with Gasteiger partial charge in [0.15, 0.2) is 0 Å². The lowest BCUT2D eigenvalue weighted by molar-refractivity contribution is -0.384. The minimum absolute atomic E-state index is 0.0753. The minimum Gasteiger partial charge on any atom is -0.325 e. The molecule has 0 aliphatic heterocycles.